The first-order valence-corrected chi connectivity index (χ1v) is 8.26. The number of amides is 1. The lowest BCUT2D eigenvalue weighted by Gasteiger charge is -2.19. The summed E-state index contributed by atoms with van der Waals surface area (Å²) < 4.78 is 0. The highest BCUT2D eigenvalue weighted by molar-refractivity contribution is 7.10. The van der Waals surface area contributed by atoms with Crippen LogP contribution in [0.25, 0.3) is 0 Å². The third-order valence-corrected chi connectivity index (χ3v) is 4.99. The summed E-state index contributed by atoms with van der Waals surface area (Å²) >= 11 is 8.04. The second-order valence-electron chi connectivity index (χ2n) is 5.25. The van der Waals surface area contributed by atoms with Gasteiger partial charge >= 0.3 is 0 Å². The molecular formula is C16H17ClN2OS. The van der Waals surface area contributed by atoms with Gasteiger partial charge in [-0.3, -0.25) is 4.79 Å². The summed E-state index contributed by atoms with van der Waals surface area (Å²) in [6.07, 6.45) is 2.48. The number of benzene rings is 1. The van der Waals surface area contributed by atoms with Crippen molar-refractivity contribution < 1.29 is 4.79 Å². The molecule has 0 bridgehead atoms. The Hall–Kier alpha value is -1.52. The summed E-state index contributed by atoms with van der Waals surface area (Å²) in [6, 6.07) is 9.83. The summed E-state index contributed by atoms with van der Waals surface area (Å²) in [7, 11) is 1.63. The van der Waals surface area contributed by atoms with Gasteiger partial charge in [-0.15, -0.1) is 11.3 Å². The van der Waals surface area contributed by atoms with E-state index in [0.29, 0.717) is 16.5 Å². The third-order valence-electron chi connectivity index (χ3n) is 3.71. The second-order valence-corrected chi connectivity index (χ2v) is 6.64. The zero-order chi connectivity index (χ0) is 14.8. The van der Waals surface area contributed by atoms with Crippen LogP contribution < -0.4 is 10.6 Å². The second kappa shape index (κ2) is 6.08. The molecule has 21 heavy (non-hydrogen) atoms. The Morgan fingerprint density at radius 3 is 2.81 bits per heavy atom. The van der Waals surface area contributed by atoms with E-state index in [9.17, 15) is 4.79 Å². The molecule has 0 saturated heterocycles. The van der Waals surface area contributed by atoms with Gasteiger partial charge in [0.2, 0.25) is 0 Å². The van der Waals surface area contributed by atoms with Gasteiger partial charge in [-0.25, -0.2) is 0 Å². The monoisotopic (exact) mass is 320 g/mol. The molecule has 1 saturated carbocycles. The van der Waals surface area contributed by atoms with Crippen LogP contribution in [0.1, 0.15) is 34.1 Å². The molecule has 0 aliphatic heterocycles. The molecule has 1 aromatic heterocycles. The highest BCUT2D eigenvalue weighted by atomic mass is 35.5. The third kappa shape index (κ3) is 3.22. The van der Waals surface area contributed by atoms with Crippen LogP contribution in [0.4, 0.5) is 5.69 Å². The van der Waals surface area contributed by atoms with Crippen LogP contribution in [0.5, 0.6) is 0 Å². The Balaban J connectivity index is 1.87. The van der Waals surface area contributed by atoms with Crippen molar-refractivity contribution in [3.05, 3.63) is 51.2 Å². The Labute approximate surface area is 133 Å². The van der Waals surface area contributed by atoms with E-state index in [2.05, 4.69) is 28.1 Å². The molecule has 0 spiro atoms. The Bertz CT molecular complexity index is 638. The van der Waals surface area contributed by atoms with Crippen molar-refractivity contribution in [3.8, 4) is 0 Å². The van der Waals surface area contributed by atoms with Gasteiger partial charge in [0.1, 0.15) is 0 Å². The lowest BCUT2D eigenvalue weighted by Crippen LogP contribution is -2.18. The molecular weight excluding hydrogens is 304 g/mol. The summed E-state index contributed by atoms with van der Waals surface area (Å²) in [5, 5.41) is 8.90. The molecule has 1 aliphatic rings. The quantitative estimate of drug-likeness (QED) is 0.861. The highest BCUT2D eigenvalue weighted by Gasteiger charge is 2.33. The van der Waals surface area contributed by atoms with Gasteiger partial charge in [-0.05, 0) is 48.4 Å². The Morgan fingerprint density at radius 2 is 2.19 bits per heavy atom. The lowest BCUT2D eigenvalue weighted by molar-refractivity contribution is 0.0963. The first kappa shape index (κ1) is 14.4. The molecule has 1 fully saturated rings. The van der Waals surface area contributed by atoms with E-state index in [1.54, 1.807) is 30.5 Å². The van der Waals surface area contributed by atoms with Gasteiger partial charge in [-0.2, -0.15) is 0 Å². The van der Waals surface area contributed by atoms with Crippen molar-refractivity contribution >= 4 is 34.5 Å². The number of hydrogen-bond donors (Lipinski definition) is 2. The number of nitrogens with one attached hydrogen (secondary N) is 2. The van der Waals surface area contributed by atoms with Crippen molar-refractivity contribution in [1.82, 2.24) is 5.32 Å². The lowest BCUT2D eigenvalue weighted by atomic mass is 10.1. The van der Waals surface area contributed by atoms with Crippen molar-refractivity contribution in [1.29, 1.82) is 0 Å². The van der Waals surface area contributed by atoms with E-state index >= 15 is 0 Å². The van der Waals surface area contributed by atoms with Crippen LogP contribution in [-0.4, -0.2) is 13.0 Å². The zero-order valence-electron chi connectivity index (χ0n) is 11.7. The van der Waals surface area contributed by atoms with Crippen molar-refractivity contribution in [3.63, 3.8) is 0 Å². The molecule has 5 heteroatoms. The van der Waals surface area contributed by atoms with E-state index in [1.807, 2.05) is 6.07 Å². The molecule has 3 rings (SSSR count). The van der Waals surface area contributed by atoms with E-state index in [1.165, 1.54) is 17.7 Å². The molecule has 1 aromatic carbocycles. The van der Waals surface area contributed by atoms with Crippen LogP contribution in [-0.2, 0) is 0 Å². The van der Waals surface area contributed by atoms with Crippen LogP contribution in [0.2, 0.25) is 5.02 Å². The molecule has 0 radical (unpaired) electrons. The predicted molar refractivity (Wildman–Crippen MR) is 88.2 cm³/mol. The van der Waals surface area contributed by atoms with Gasteiger partial charge in [-0.1, -0.05) is 17.7 Å². The smallest absolute Gasteiger partial charge is 0.251 e. The first-order valence-electron chi connectivity index (χ1n) is 7.00. The maximum absolute atomic E-state index is 11.8. The minimum Gasteiger partial charge on any atom is -0.376 e. The molecule has 1 amide bonds. The number of thiophene rings is 1. The molecule has 1 heterocycles. The topological polar surface area (TPSA) is 41.1 Å². The zero-order valence-corrected chi connectivity index (χ0v) is 13.3. The van der Waals surface area contributed by atoms with Crippen LogP contribution >= 0.6 is 22.9 Å². The van der Waals surface area contributed by atoms with Crippen LogP contribution in [0, 0.1) is 5.92 Å². The molecule has 110 valence electrons. The normalized spacial score (nSPS) is 15.5. The summed E-state index contributed by atoms with van der Waals surface area (Å²) in [6.45, 7) is 0. The van der Waals surface area contributed by atoms with Crippen LogP contribution in [0.3, 0.4) is 0 Å². The average molecular weight is 321 g/mol. The number of halogens is 1. The number of rotatable bonds is 5. The fourth-order valence-corrected chi connectivity index (χ4v) is 3.45. The number of carbonyl (C=O) groups is 1. The SMILES string of the molecule is CNC(=O)c1ccc(Cl)c(NC(c2cccs2)C2CC2)c1. The summed E-state index contributed by atoms with van der Waals surface area (Å²) in [5.74, 6) is 0.553. The Morgan fingerprint density at radius 1 is 1.38 bits per heavy atom. The highest BCUT2D eigenvalue weighted by Crippen LogP contribution is 2.44. The fraction of sp³-hybridized carbons (Fsp3) is 0.312. The van der Waals surface area contributed by atoms with E-state index in [0.717, 1.165) is 5.69 Å². The fourth-order valence-electron chi connectivity index (χ4n) is 2.41. The first-order chi connectivity index (χ1) is 10.2. The van der Waals surface area contributed by atoms with E-state index in [-0.39, 0.29) is 11.9 Å². The minimum atomic E-state index is -0.103. The van der Waals surface area contributed by atoms with Crippen LogP contribution in [0.15, 0.2) is 35.7 Å². The van der Waals surface area contributed by atoms with Gasteiger partial charge in [0, 0.05) is 17.5 Å². The molecule has 3 nitrogen and oxygen atoms in total. The predicted octanol–water partition coefficient (Wildman–Crippen LogP) is 4.32. The standard InChI is InChI=1S/C16H17ClN2OS/c1-18-16(20)11-6-7-12(17)13(9-11)19-15(10-4-5-10)14-3-2-8-21-14/h2-3,6-10,15,19H,4-5H2,1H3,(H,18,20). The number of carbonyl (C=O) groups excluding carboxylic acids is 1. The number of anilines is 1. The van der Waals surface area contributed by atoms with Crippen molar-refractivity contribution in [2.45, 2.75) is 18.9 Å². The Kier molecular flexibility index (Phi) is 4.17. The van der Waals surface area contributed by atoms with Crippen molar-refractivity contribution in [2.75, 3.05) is 12.4 Å². The average Bonchev–Trinajstić information content (AvgIpc) is 3.19. The van der Waals surface area contributed by atoms with Gasteiger partial charge < -0.3 is 10.6 Å². The van der Waals surface area contributed by atoms with E-state index < -0.39 is 0 Å². The minimum absolute atomic E-state index is 0.103. The molecule has 2 aromatic rings. The maximum Gasteiger partial charge on any atom is 0.251 e. The summed E-state index contributed by atoms with van der Waals surface area (Å²) in [5.41, 5.74) is 1.44. The molecule has 2 N–H and O–H groups in total. The van der Waals surface area contributed by atoms with Gasteiger partial charge in [0.05, 0.1) is 16.8 Å². The van der Waals surface area contributed by atoms with Gasteiger partial charge in [0.15, 0.2) is 0 Å². The molecule has 1 unspecified atom stereocenters. The van der Waals surface area contributed by atoms with E-state index in [4.69, 9.17) is 11.6 Å². The molecule has 1 aliphatic carbocycles. The maximum atomic E-state index is 11.8. The summed E-state index contributed by atoms with van der Waals surface area (Å²) in [4.78, 5) is 13.1. The number of hydrogen-bond acceptors (Lipinski definition) is 3. The van der Waals surface area contributed by atoms with Crippen molar-refractivity contribution in [2.24, 2.45) is 5.92 Å². The van der Waals surface area contributed by atoms with Gasteiger partial charge in [0.25, 0.3) is 5.91 Å². The molecule has 1 atom stereocenters. The largest absolute Gasteiger partial charge is 0.376 e.